The fraction of sp³-hybridized carbons (Fsp3) is 0.500. The third-order valence-corrected chi connectivity index (χ3v) is 6.78. The minimum atomic E-state index is 0.279. The van der Waals surface area contributed by atoms with Crippen LogP contribution in [0.25, 0.3) is 0 Å². The van der Waals surface area contributed by atoms with Crippen LogP contribution in [-0.2, 0) is 16.0 Å². The number of nitrogens with zero attached hydrogens (tertiary/aromatic N) is 1. The van der Waals surface area contributed by atoms with Crippen molar-refractivity contribution in [2.24, 2.45) is 11.8 Å². The van der Waals surface area contributed by atoms with Gasteiger partial charge >= 0.3 is 0 Å². The van der Waals surface area contributed by atoms with Crippen molar-refractivity contribution < 1.29 is 9.47 Å². The molecule has 0 N–H and O–H groups in total. The molecule has 5 rings (SSSR count). The number of benzene rings is 2. The summed E-state index contributed by atoms with van der Waals surface area (Å²) >= 11 is 0. The third kappa shape index (κ3) is 3.69. The van der Waals surface area contributed by atoms with Gasteiger partial charge in [0.15, 0.2) is 0 Å². The van der Waals surface area contributed by atoms with Gasteiger partial charge in [0.05, 0.1) is 32.0 Å². The zero-order valence-corrected chi connectivity index (χ0v) is 15.9. The van der Waals surface area contributed by atoms with E-state index in [0.717, 1.165) is 32.3 Å². The van der Waals surface area contributed by atoms with Gasteiger partial charge in [-0.2, -0.15) is 0 Å². The van der Waals surface area contributed by atoms with E-state index >= 15 is 0 Å². The van der Waals surface area contributed by atoms with Gasteiger partial charge in [0, 0.05) is 12.6 Å². The van der Waals surface area contributed by atoms with Crippen LogP contribution in [0.4, 0.5) is 0 Å². The second-order valence-corrected chi connectivity index (χ2v) is 8.46. The van der Waals surface area contributed by atoms with Crippen molar-refractivity contribution in [3.05, 3.63) is 71.8 Å². The van der Waals surface area contributed by atoms with Gasteiger partial charge in [0.2, 0.25) is 0 Å². The molecular weight excluding hydrogens is 334 g/mol. The van der Waals surface area contributed by atoms with Crippen LogP contribution < -0.4 is 0 Å². The minimum absolute atomic E-state index is 0.279. The molecule has 2 aromatic carbocycles. The van der Waals surface area contributed by atoms with E-state index in [1.54, 1.807) is 0 Å². The van der Waals surface area contributed by atoms with Crippen LogP contribution >= 0.6 is 0 Å². The minimum Gasteiger partial charge on any atom is -0.378 e. The summed E-state index contributed by atoms with van der Waals surface area (Å²) in [5.74, 6) is 1.50. The number of ether oxygens (including phenoxy) is 2. The molecule has 0 spiro atoms. The van der Waals surface area contributed by atoms with Crippen molar-refractivity contribution in [2.75, 3.05) is 19.8 Å². The molecule has 3 nitrogen and oxygen atoms in total. The standard InChI is InChI=1S/C24H29NO2/c1-3-7-18(8-4-1)14-25(23-16-26-17-23)22-11-20-13-24(27-15-21(20)12-22)19-9-5-2-6-10-19/h1-10,20-24H,11-17H2/t20-,21+,22-,24-/m0/s1. The average Bonchev–Trinajstić information content (AvgIpc) is 3.11. The van der Waals surface area contributed by atoms with Gasteiger partial charge in [-0.05, 0) is 42.2 Å². The molecule has 3 aliphatic rings. The Labute approximate surface area is 162 Å². The Kier molecular flexibility index (Phi) is 5.00. The second-order valence-electron chi connectivity index (χ2n) is 8.46. The highest BCUT2D eigenvalue weighted by Gasteiger charge is 2.43. The fourth-order valence-electron chi connectivity index (χ4n) is 5.19. The molecule has 4 atom stereocenters. The molecule has 3 fully saturated rings. The smallest absolute Gasteiger partial charge is 0.0827 e. The predicted molar refractivity (Wildman–Crippen MR) is 106 cm³/mol. The van der Waals surface area contributed by atoms with Crippen LogP contribution in [0.1, 0.15) is 36.5 Å². The molecule has 0 aromatic heterocycles. The summed E-state index contributed by atoms with van der Waals surface area (Å²) in [5, 5.41) is 0. The van der Waals surface area contributed by atoms with Gasteiger partial charge in [-0.25, -0.2) is 0 Å². The van der Waals surface area contributed by atoms with Gasteiger partial charge in [0.25, 0.3) is 0 Å². The first-order valence-corrected chi connectivity index (χ1v) is 10.4. The highest BCUT2D eigenvalue weighted by atomic mass is 16.5. The molecule has 1 aliphatic carbocycles. The average molecular weight is 364 g/mol. The van der Waals surface area contributed by atoms with Gasteiger partial charge in [-0.1, -0.05) is 60.7 Å². The Bertz CT molecular complexity index is 731. The molecule has 2 aromatic rings. The van der Waals surface area contributed by atoms with Gasteiger partial charge in [-0.3, -0.25) is 4.90 Å². The predicted octanol–water partition coefficient (Wildman–Crippen LogP) is 4.44. The van der Waals surface area contributed by atoms with E-state index in [4.69, 9.17) is 9.47 Å². The monoisotopic (exact) mass is 363 g/mol. The van der Waals surface area contributed by atoms with Gasteiger partial charge < -0.3 is 9.47 Å². The summed E-state index contributed by atoms with van der Waals surface area (Å²) in [6, 6.07) is 22.9. The maximum absolute atomic E-state index is 6.28. The zero-order chi connectivity index (χ0) is 18.1. The zero-order valence-electron chi connectivity index (χ0n) is 15.9. The van der Waals surface area contributed by atoms with E-state index in [9.17, 15) is 0 Å². The van der Waals surface area contributed by atoms with Crippen LogP contribution in [0.15, 0.2) is 60.7 Å². The van der Waals surface area contributed by atoms with Crippen LogP contribution in [-0.4, -0.2) is 36.8 Å². The Morgan fingerprint density at radius 3 is 2.15 bits per heavy atom. The van der Waals surface area contributed by atoms with E-state index in [1.807, 2.05) is 0 Å². The molecule has 2 aliphatic heterocycles. The normalized spacial score (nSPS) is 30.9. The first-order chi connectivity index (χ1) is 13.4. The topological polar surface area (TPSA) is 21.7 Å². The van der Waals surface area contributed by atoms with Crippen LogP contribution in [0.2, 0.25) is 0 Å². The molecule has 0 amide bonds. The number of fused-ring (bicyclic) bond motifs is 1. The van der Waals surface area contributed by atoms with E-state index < -0.39 is 0 Å². The van der Waals surface area contributed by atoms with Crippen LogP contribution in [0.5, 0.6) is 0 Å². The number of hydrogen-bond donors (Lipinski definition) is 0. The number of hydrogen-bond acceptors (Lipinski definition) is 3. The molecule has 0 radical (unpaired) electrons. The Hall–Kier alpha value is -1.68. The molecule has 2 saturated heterocycles. The van der Waals surface area contributed by atoms with E-state index in [0.29, 0.717) is 18.0 Å². The molecular formula is C24H29NO2. The molecule has 1 saturated carbocycles. The molecule has 27 heavy (non-hydrogen) atoms. The van der Waals surface area contributed by atoms with E-state index in [-0.39, 0.29) is 6.10 Å². The maximum atomic E-state index is 6.28. The summed E-state index contributed by atoms with van der Waals surface area (Å²) in [6.07, 6.45) is 4.03. The third-order valence-electron chi connectivity index (χ3n) is 6.78. The lowest BCUT2D eigenvalue weighted by Crippen LogP contribution is -2.52. The molecule has 0 bridgehead atoms. The van der Waals surface area contributed by atoms with E-state index in [1.165, 1.54) is 30.4 Å². The Balaban J connectivity index is 1.28. The second kappa shape index (κ2) is 7.75. The maximum Gasteiger partial charge on any atom is 0.0827 e. The summed E-state index contributed by atoms with van der Waals surface area (Å²) in [4.78, 5) is 2.73. The SMILES string of the molecule is c1ccc(CN(C2COC2)[C@@H]2C[C@@H]3CO[C@H](c4ccccc4)C[C@@H]3C2)cc1. The van der Waals surface area contributed by atoms with Crippen molar-refractivity contribution in [3.63, 3.8) is 0 Å². The lowest BCUT2D eigenvalue weighted by atomic mass is 9.86. The van der Waals surface area contributed by atoms with Crippen LogP contribution in [0.3, 0.4) is 0 Å². The Morgan fingerprint density at radius 2 is 1.44 bits per heavy atom. The van der Waals surface area contributed by atoms with Crippen molar-refractivity contribution >= 4 is 0 Å². The summed E-state index contributed by atoms with van der Waals surface area (Å²) in [6.45, 7) is 3.74. The first-order valence-electron chi connectivity index (χ1n) is 10.4. The largest absolute Gasteiger partial charge is 0.378 e. The molecule has 142 valence electrons. The lowest BCUT2D eigenvalue weighted by Gasteiger charge is -2.41. The Morgan fingerprint density at radius 1 is 0.741 bits per heavy atom. The highest BCUT2D eigenvalue weighted by molar-refractivity contribution is 5.19. The van der Waals surface area contributed by atoms with Crippen molar-refractivity contribution in [2.45, 2.75) is 44.0 Å². The van der Waals surface area contributed by atoms with Crippen molar-refractivity contribution in [1.29, 1.82) is 0 Å². The molecule has 0 unspecified atom stereocenters. The lowest BCUT2D eigenvalue weighted by molar-refractivity contribution is -0.0830. The molecule has 2 heterocycles. The highest BCUT2D eigenvalue weighted by Crippen LogP contribution is 2.46. The number of rotatable bonds is 5. The quantitative estimate of drug-likeness (QED) is 0.784. The first kappa shape index (κ1) is 17.4. The van der Waals surface area contributed by atoms with Crippen molar-refractivity contribution in [3.8, 4) is 0 Å². The molecule has 3 heteroatoms. The van der Waals surface area contributed by atoms with Crippen molar-refractivity contribution in [1.82, 2.24) is 4.90 Å². The van der Waals surface area contributed by atoms with E-state index in [2.05, 4.69) is 65.6 Å². The summed E-state index contributed by atoms with van der Waals surface area (Å²) in [7, 11) is 0. The van der Waals surface area contributed by atoms with Gasteiger partial charge in [0.1, 0.15) is 0 Å². The summed E-state index contributed by atoms with van der Waals surface area (Å²) < 4.78 is 11.8. The van der Waals surface area contributed by atoms with Gasteiger partial charge in [-0.15, -0.1) is 0 Å². The summed E-state index contributed by atoms with van der Waals surface area (Å²) in [5.41, 5.74) is 2.76. The fourth-order valence-corrected chi connectivity index (χ4v) is 5.19. The van der Waals surface area contributed by atoms with Crippen LogP contribution in [0, 0.1) is 11.8 Å².